The van der Waals surface area contributed by atoms with Crippen molar-refractivity contribution in [2.75, 3.05) is 7.11 Å². The third kappa shape index (κ3) is 3.46. The summed E-state index contributed by atoms with van der Waals surface area (Å²) >= 11 is 0. The summed E-state index contributed by atoms with van der Waals surface area (Å²) in [4.78, 5) is 4.53. The van der Waals surface area contributed by atoms with Crippen LogP contribution in [0.1, 0.15) is 19.4 Å². The second kappa shape index (κ2) is 6.72. The molecule has 0 radical (unpaired) electrons. The smallest absolute Gasteiger partial charge is 0.258 e. The molecule has 2 aromatic heterocycles. The van der Waals surface area contributed by atoms with Gasteiger partial charge in [-0.1, -0.05) is 10.4 Å². The Bertz CT molecular complexity index is 1140. The van der Waals surface area contributed by atoms with Gasteiger partial charge in [-0.05, 0) is 62.7 Å². The van der Waals surface area contributed by atoms with Gasteiger partial charge in [0.25, 0.3) is 5.89 Å². The highest BCUT2D eigenvalue weighted by atomic mass is 16.5. The molecule has 144 valence electrons. The standard InChI is InChI=1S/C20H21N5O3/c1-12-9-14(27-4)6-7-15(12)19-21-18(23-28-19)13-5-8-17-16(10-13)22-24-25(17)11-20(2,3)26/h5-10,26H,11H2,1-4H3. The SMILES string of the molecule is COc1ccc(-c2nc(-c3ccc4c(c3)nnn4CC(C)(C)O)no2)c(C)c1. The van der Waals surface area contributed by atoms with Gasteiger partial charge in [-0.3, -0.25) is 0 Å². The van der Waals surface area contributed by atoms with Crippen LogP contribution in [0.4, 0.5) is 0 Å². The van der Waals surface area contributed by atoms with E-state index in [9.17, 15) is 5.11 Å². The normalized spacial score (nSPS) is 11.9. The number of methoxy groups -OCH3 is 1. The summed E-state index contributed by atoms with van der Waals surface area (Å²) in [6, 6.07) is 11.3. The van der Waals surface area contributed by atoms with Gasteiger partial charge < -0.3 is 14.4 Å². The summed E-state index contributed by atoms with van der Waals surface area (Å²) in [6.07, 6.45) is 0. The Morgan fingerprint density at radius 2 is 2.00 bits per heavy atom. The van der Waals surface area contributed by atoms with Gasteiger partial charge in [-0.2, -0.15) is 4.98 Å². The summed E-state index contributed by atoms with van der Waals surface area (Å²) in [5.41, 5.74) is 3.28. The van der Waals surface area contributed by atoms with E-state index in [1.165, 1.54) is 0 Å². The van der Waals surface area contributed by atoms with Crippen LogP contribution in [0.25, 0.3) is 33.9 Å². The summed E-state index contributed by atoms with van der Waals surface area (Å²) in [5, 5.41) is 22.4. The summed E-state index contributed by atoms with van der Waals surface area (Å²) in [7, 11) is 1.63. The van der Waals surface area contributed by atoms with Gasteiger partial charge in [0, 0.05) is 11.1 Å². The molecule has 2 heterocycles. The van der Waals surface area contributed by atoms with Crippen molar-refractivity contribution < 1.29 is 14.4 Å². The Morgan fingerprint density at radius 3 is 2.71 bits per heavy atom. The molecule has 0 atom stereocenters. The van der Waals surface area contributed by atoms with Crippen LogP contribution >= 0.6 is 0 Å². The maximum atomic E-state index is 10.0. The Hall–Kier alpha value is -3.26. The third-order valence-electron chi connectivity index (χ3n) is 4.40. The first-order chi connectivity index (χ1) is 13.3. The molecule has 0 unspecified atom stereocenters. The van der Waals surface area contributed by atoms with E-state index < -0.39 is 5.60 Å². The lowest BCUT2D eigenvalue weighted by Gasteiger charge is -2.16. The van der Waals surface area contributed by atoms with Gasteiger partial charge in [-0.25, -0.2) is 4.68 Å². The van der Waals surface area contributed by atoms with Crippen LogP contribution in [0.2, 0.25) is 0 Å². The molecule has 0 aliphatic rings. The molecule has 0 saturated heterocycles. The molecule has 8 heteroatoms. The zero-order valence-corrected chi connectivity index (χ0v) is 16.2. The number of rotatable bonds is 5. The average Bonchev–Trinajstić information content (AvgIpc) is 3.27. The van der Waals surface area contributed by atoms with Gasteiger partial charge in [0.15, 0.2) is 0 Å². The molecule has 8 nitrogen and oxygen atoms in total. The molecule has 0 bridgehead atoms. The average molecular weight is 379 g/mol. The van der Waals surface area contributed by atoms with Crippen LogP contribution in [-0.2, 0) is 6.54 Å². The Balaban J connectivity index is 1.66. The molecule has 0 fully saturated rings. The molecular weight excluding hydrogens is 358 g/mol. The summed E-state index contributed by atoms with van der Waals surface area (Å²) < 4.78 is 12.4. The fourth-order valence-electron chi connectivity index (χ4n) is 3.05. The van der Waals surface area contributed by atoms with Gasteiger partial charge in [0.2, 0.25) is 5.82 Å². The lowest BCUT2D eigenvalue weighted by molar-refractivity contribution is 0.0585. The van der Waals surface area contributed by atoms with E-state index in [1.807, 2.05) is 43.3 Å². The van der Waals surface area contributed by atoms with E-state index in [4.69, 9.17) is 9.26 Å². The van der Waals surface area contributed by atoms with Gasteiger partial charge in [0.05, 0.1) is 24.8 Å². The first-order valence-corrected chi connectivity index (χ1v) is 8.89. The quantitative estimate of drug-likeness (QED) is 0.568. The maximum Gasteiger partial charge on any atom is 0.258 e. The number of benzene rings is 2. The fourth-order valence-corrected chi connectivity index (χ4v) is 3.05. The molecule has 0 amide bonds. The number of ether oxygens (including phenoxy) is 1. The monoisotopic (exact) mass is 379 g/mol. The fraction of sp³-hybridized carbons (Fsp3) is 0.300. The number of aryl methyl sites for hydroxylation is 1. The van der Waals surface area contributed by atoms with Crippen molar-refractivity contribution in [1.29, 1.82) is 0 Å². The van der Waals surface area contributed by atoms with Crippen molar-refractivity contribution in [3.8, 4) is 28.6 Å². The summed E-state index contributed by atoms with van der Waals surface area (Å²) in [5.74, 6) is 1.70. The van der Waals surface area contributed by atoms with Crippen LogP contribution in [-0.4, -0.2) is 43.0 Å². The van der Waals surface area contributed by atoms with E-state index >= 15 is 0 Å². The largest absolute Gasteiger partial charge is 0.497 e. The predicted molar refractivity (Wildman–Crippen MR) is 104 cm³/mol. The molecule has 1 N–H and O–H groups in total. The van der Waals surface area contributed by atoms with Crippen molar-refractivity contribution in [3.63, 3.8) is 0 Å². The topological polar surface area (TPSA) is 99.1 Å². The molecule has 0 saturated carbocycles. The van der Waals surface area contributed by atoms with E-state index in [-0.39, 0.29) is 0 Å². The van der Waals surface area contributed by atoms with E-state index in [2.05, 4.69) is 20.5 Å². The lowest BCUT2D eigenvalue weighted by Crippen LogP contribution is -2.26. The molecule has 0 spiro atoms. The van der Waals surface area contributed by atoms with Crippen molar-refractivity contribution >= 4 is 11.0 Å². The van der Waals surface area contributed by atoms with E-state index in [1.54, 1.807) is 25.6 Å². The number of fused-ring (bicyclic) bond motifs is 1. The Kier molecular flexibility index (Phi) is 4.35. The molecule has 4 aromatic rings. The number of aliphatic hydroxyl groups is 1. The summed E-state index contributed by atoms with van der Waals surface area (Å²) in [6.45, 7) is 5.79. The second-order valence-corrected chi connectivity index (χ2v) is 7.37. The highest BCUT2D eigenvalue weighted by molar-refractivity contribution is 5.80. The zero-order chi connectivity index (χ0) is 19.9. The Morgan fingerprint density at radius 1 is 1.18 bits per heavy atom. The van der Waals surface area contributed by atoms with Crippen LogP contribution < -0.4 is 4.74 Å². The van der Waals surface area contributed by atoms with Crippen molar-refractivity contribution in [3.05, 3.63) is 42.0 Å². The minimum absolute atomic E-state index is 0.353. The van der Waals surface area contributed by atoms with Gasteiger partial charge in [-0.15, -0.1) is 5.10 Å². The number of hydrogen-bond donors (Lipinski definition) is 1. The second-order valence-electron chi connectivity index (χ2n) is 7.37. The first-order valence-electron chi connectivity index (χ1n) is 8.89. The van der Waals surface area contributed by atoms with Crippen molar-refractivity contribution in [2.45, 2.75) is 32.9 Å². The van der Waals surface area contributed by atoms with Gasteiger partial charge in [0.1, 0.15) is 11.3 Å². The Labute approximate surface area is 161 Å². The van der Waals surface area contributed by atoms with Crippen molar-refractivity contribution in [1.82, 2.24) is 25.1 Å². The van der Waals surface area contributed by atoms with Crippen LogP contribution in [0.5, 0.6) is 5.75 Å². The highest BCUT2D eigenvalue weighted by Gasteiger charge is 2.18. The van der Waals surface area contributed by atoms with E-state index in [0.29, 0.717) is 23.8 Å². The van der Waals surface area contributed by atoms with Crippen LogP contribution in [0.15, 0.2) is 40.9 Å². The molecular formula is C20H21N5O3. The zero-order valence-electron chi connectivity index (χ0n) is 16.2. The van der Waals surface area contributed by atoms with Gasteiger partial charge >= 0.3 is 0 Å². The highest BCUT2D eigenvalue weighted by Crippen LogP contribution is 2.28. The predicted octanol–water partition coefficient (Wildman–Crippen LogP) is 3.24. The minimum Gasteiger partial charge on any atom is -0.497 e. The number of aromatic nitrogens is 5. The van der Waals surface area contributed by atoms with Crippen molar-refractivity contribution in [2.24, 2.45) is 0 Å². The third-order valence-corrected chi connectivity index (χ3v) is 4.40. The maximum absolute atomic E-state index is 10.0. The van der Waals surface area contributed by atoms with Crippen LogP contribution in [0, 0.1) is 6.92 Å². The molecule has 28 heavy (non-hydrogen) atoms. The first kappa shape index (κ1) is 18.1. The van der Waals surface area contributed by atoms with E-state index in [0.717, 1.165) is 28.0 Å². The number of nitrogens with zero attached hydrogens (tertiary/aromatic N) is 5. The lowest BCUT2D eigenvalue weighted by atomic mass is 10.1. The molecule has 2 aromatic carbocycles. The number of hydrogen-bond acceptors (Lipinski definition) is 7. The molecule has 4 rings (SSSR count). The minimum atomic E-state index is -0.877. The van der Waals surface area contributed by atoms with Crippen LogP contribution in [0.3, 0.4) is 0 Å². The molecule has 0 aliphatic heterocycles. The molecule has 0 aliphatic carbocycles.